The molecule has 1 aliphatic heterocycles. The average molecular weight is 241 g/mol. The molecule has 3 rings (SSSR count). The summed E-state index contributed by atoms with van der Waals surface area (Å²) in [4.78, 5) is 15.4. The summed E-state index contributed by atoms with van der Waals surface area (Å²) in [5, 5.41) is 0. The van der Waals surface area contributed by atoms with E-state index < -0.39 is 0 Å². The van der Waals surface area contributed by atoms with Crippen molar-refractivity contribution >= 4 is 29.4 Å². The van der Waals surface area contributed by atoms with Crippen molar-refractivity contribution in [2.75, 3.05) is 11.9 Å². The second kappa shape index (κ2) is 3.93. The highest BCUT2D eigenvalue weighted by Gasteiger charge is 2.21. The summed E-state index contributed by atoms with van der Waals surface area (Å²) >= 11 is 1.66. The number of fused-ring (bicyclic) bond motifs is 2. The maximum atomic E-state index is 11.1. The van der Waals surface area contributed by atoms with E-state index in [1.165, 1.54) is 10.6 Å². The van der Waals surface area contributed by atoms with Gasteiger partial charge in [0.1, 0.15) is 0 Å². The largest absolute Gasteiger partial charge is 0.343 e. The van der Waals surface area contributed by atoms with Crippen LogP contribution < -0.4 is 4.90 Å². The molecule has 17 heavy (non-hydrogen) atoms. The van der Waals surface area contributed by atoms with Gasteiger partial charge >= 0.3 is 0 Å². The van der Waals surface area contributed by atoms with Gasteiger partial charge < -0.3 is 4.90 Å². The van der Waals surface area contributed by atoms with Gasteiger partial charge in [0.25, 0.3) is 0 Å². The summed E-state index contributed by atoms with van der Waals surface area (Å²) in [6.45, 7) is 0. The number of hydrogen-bond acceptors (Lipinski definition) is 3. The number of anilines is 2. The van der Waals surface area contributed by atoms with Gasteiger partial charge in [-0.1, -0.05) is 36.0 Å². The predicted octanol–water partition coefficient (Wildman–Crippen LogP) is 3.73. The molecule has 0 N–H and O–H groups in total. The molecule has 0 spiro atoms. The minimum atomic E-state index is 0.758. The van der Waals surface area contributed by atoms with Gasteiger partial charge in [-0.2, -0.15) is 0 Å². The van der Waals surface area contributed by atoms with E-state index >= 15 is 0 Å². The van der Waals surface area contributed by atoms with E-state index in [-0.39, 0.29) is 0 Å². The van der Waals surface area contributed by atoms with Crippen molar-refractivity contribution in [1.82, 2.24) is 0 Å². The van der Waals surface area contributed by atoms with E-state index in [4.69, 9.17) is 0 Å². The summed E-state index contributed by atoms with van der Waals surface area (Å²) in [6.07, 6.45) is 0.924. The molecule has 2 aromatic carbocycles. The fourth-order valence-corrected chi connectivity index (χ4v) is 3.29. The molecular weight excluding hydrogens is 230 g/mol. The van der Waals surface area contributed by atoms with Crippen molar-refractivity contribution in [3.8, 4) is 0 Å². The summed E-state index contributed by atoms with van der Waals surface area (Å²) in [5.74, 6) is 0. The highest BCUT2D eigenvalue weighted by atomic mass is 32.2. The summed E-state index contributed by atoms with van der Waals surface area (Å²) in [5.41, 5.74) is 3.04. The van der Waals surface area contributed by atoms with E-state index in [2.05, 4.69) is 17.0 Å². The molecular formula is C14H11NOS. The van der Waals surface area contributed by atoms with E-state index in [1.54, 1.807) is 11.8 Å². The molecule has 2 nitrogen and oxygen atoms in total. The Morgan fingerprint density at radius 2 is 1.82 bits per heavy atom. The van der Waals surface area contributed by atoms with E-state index in [1.807, 2.05) is 37.4 Å². The molecule has 0 aliphatic carbocycles. The van der Waals surface area contributed by atoms with Crippen LogP contribution in [-0.2, 0) is 0 Å². The molecule has 2 aromatic rings. The maximum Gasteiger partial charge on any atom is 0.151 e. The Labute approximate surface area is 104 Å². The minimum Gasteiger partial charge on any atom is -0.343 e. The fraction of sp³-hybridized carbons (Fsp3) is 0.0714. The zero-order valence-electron chi connectivity index (χ0n) is 9.38. The van der Waals surface area contributed by atoms with Gasteiger partial charge in [0.2, 0.25) is 0 Å². The van der Waals surface area contributed by atoms with Crippen molar-refractivity contribution < 1.29 is 4.79 Å². The molecule has 0 fully saturated rings. The van der Waals surface area contributed by atoms with Crippen molar-refractivity contribution in [3.63, 3.8) is 0 Å². The molecule has 84 valence electrons. The first-order chi connectivity index (χ1) is 8.31. The smallest absolute Gasteiger partial charge is 0.151 e. The van der Waals surface area contributed by atoms with Gasteiger partial charge in [0, 0.05) is 22.4 Å². The zero-order chi connectivity index (χ0) is 11.8. The van der Waals surface area contributed by atoms with Crippen LogP contribution in [-0.4, -0.2) is 13.3 Å². The maximum absolute atomic E-state index is 11.1. The topological polar surface area (TPSA) is 20.3 Å². The lowest BCUT2D eigenvalue weighted by Crippen LogP contribution is -2.15. The van der Waals surface area contributed by atoms with Crippen molar-refractivity contribution in [2.24, 2.45) is 0 Å². The number of para-hydroxylation sites is 1. The second-order valence-electron chi connectivity index (χ2n) is 3.94. The monoisotopic (exact) mass is 241 g/mol. The Kier molecular flexibility index (Phi) is 2.41. The van der Waals surface area contributed by atoms with Crippen LogP contribution in [0.25, 0.3) is 0 Å². The van der Waals surface area contributed by atoms with Crippen molar-refractivity contribution in [1.29, 1.82) is 0 Å². The van der Waals surface area contributed by atoms with E-state index in [9.17, 15) is 4.79 Å². The molecule has 1 heterocycles. The Bertz CT molecular complexity index is 595. The lowest BCUT2D eigenvalue weighted by Gasteiger charge is -2.29. The average Bonchev–Trinajstić information content (AvgIpc) is 2.38. The third kappa shape index (κ3) is 1.54. The van der Waals surface area contributed by atoms with Gasteiger partial charge in [0.05, 0.1) is 11.4 Å². The second-order valence-corrected chi connectivity index (χ2v) is 4.99. The number of carbonyl (C=O) groups excluding carboxylic acids is 1. The van der Waals surface area contributed by atoms with Gasteiger partial charge in [-0.05, 0) is 18.2 Å². The van der Waals surface area contributed by atoms with Crippen LogP contribution in [0.4, 0.5) is 11.4 Å². The molecule has 0 amide bonds. The van der Waals surface area contributed by atoms with Crippen LogP contribution in [0.5, 0.6) is 0 Å². The number of nitrogens with zero attached hydrogens (tertiary/aromatic N) is 1. The molecule has 1 aliphatic rings. The Morgan fingerprint density at radius 3 is 2.65 bits per heavy atom. The summed E-state index contributed by atoms with van der Waals surface area (Å²) in [6, 6.07) is 14.1. The lowest BCUT2D eigenvalue weighted by atomic mass is 10.2. The number of benzene rings is 2. The van der Waals surface area contributed by atoms with E-state index in [0.717, 1.165) is 22.4 Å². The van der Waals surface area contributed by atoms with Crippen LogP contribution in [0.3, 0.4) is 0 Å². The van der Waals surface area contributed by atoms with E-state index in [0.29, 0.717) is 0 Å². The Morgan fingerprint density at radius 1 is 1.06 bits per heavy atom. The van der Waals surface area contributed by atoms with Gasteiger partial charge in [-0.3, -0.25) is 4.79 Å². The normalized spacial score (nSPS) is 12.9. The predicted molar refractivity (Wildman–Crippen MR) is 70.5 cm³/mol. The van der Waals surface area contributed by atoms with Crippen LogP contribution in [0.15, 0.2) is 52.3 Å². The van der Waals surface area contributed by atoms with Crippen molar-refractivity contribution in [2.45, 2.75) is 9.79 Å². The van der Waals surface area contributed by atoms with Crippen LogP contribution in [0.1, 0.15) is 10.4 Å². The Hall–Kier alpha value is -1.74. The molecule has 0 saturated heterocycles. The fourth-order valence-electron chi connectivity index (χ4n) is 2.07. The number of carbonyl (C=O) groups is 1. The standard InChI is InChI=1S/C14H11NOS/c1-15-11-6-2-3-8-13(11)17-14-10(9-16)5-4-7-12(14)15/h2-9H,1H3. The third-order valence-corrected chi connectivity index (χ3v) is 4.17. The third-order valence-electron chi connectivity index (χ3n) is 2.95. The van der Waals surface area contributed by atoms with Crippen LogP contribution in [0.2, 0.25) is 0 Å². The molecule has 0 unspecified atom stereocenters. The summed E-state index contributed by atoms with van der Waals surface area (Å²) < 4.78 is 0. The van der Waals surface area contributed by atoms with Crippen LogP contribution in [0, 0.1) is 0 Å². The highest BCUT2D eigenvalue weighted by Crippen LogP contribution is 2.48. The zero-order valence-corrected chi connectivity index (χ0v) is 10.2. The number of rotatable bonds is 1. The number of aldehydes is 1. The van der Waals surface area contributed by atoms with Gasteiger partial charge in [-0.15, -0.1) is 0 Å². The molecule has 0 aromatic heterocycles. The highest BCUT2D eigenvalue weighted by molar-refractivity contribution is 7.99. The lowest BCUT2D eigenvalue weighted by molar-refractivity contribution is 0.112. The quantitative estimate of drug-likeness (QED) is 0.709. The summed E-state index contributed by atoms with van der Waals surface area (Å²) in [7, 11) is 2.03. The molecule has 0 saturated carbocycles. The van der Waals surface area contributed by atoms with Crippen molar-refractivity contribution in [3.05, 3.63) is 48.0 Å². The molecule has 0 radical (unpaired) electrons. The first-order valence-electron chi connectivity index (χ1n) is 5.40. The molecule has 3 heteroatoms. The number of hydrogen-bond donors (Lipinski definition) is 0. The molecule has 0 atom stereocenters. The first-order valence-corrected chi connectivity index (χ1v) is 6.21. The minimum absolute atomic E-state index is 0.758. The van der Waals surface area contributed by atoms with Gasteiger partial charge in [-0.25, -0.2) is 0 Å². The van der Waals surface area contributed by atoms with Gasteiger partial charge in [0.15, 0.2) is 6.29 Å². The molecule has 0 bridgehead atoms. The first kappa shape index (κ1) is 10.4. The van der Waals surface area contributed by atoms with Crippen LogP contribution >= 0.6 is 11.8 Å². The Balaban J connectivity index is 2.22. The SMILES string of the molecule is CN1c2ccccc2Sc2c(C=O)cccc21.